The molecule has 16 heavy (non-hydrogen) atoms. The summed E-state index contributed by atoms with van der Waals surface area (Å²) in [5.74, 6) is -3.44. The summed E-state index contributed by atoms with van der Waals surface area (Å²) in [4.78, 5) is 11.6. The van der Waals surface area contributed by atoms with Gasteiger partial charge in [0, 0.05) is 0 Å². The van der Waals surface area contributed by atoms with Gasteiger partial charge in [-0.25, -0.2) is 4.79 Å². The maximum absolute atomic E-state index is 11.6. The third kappa shape index (κ3) is 1.44. The Bertz CT molecular complexity index is 359. The topological polar surface area (TPSA) is 76.0 Å². The quantitative estimate of drug-likeness (QED) is 0.510. The average molecular weight is 226 g/mol. The smallest absolute Gasteiger partial charge is 0.379 e. The van der Waals surface area contributed by atoms with Gasteiger partial charge in [-0.3, -0.25) is 0 Å². The van der Waals surface area contributed by atoms with Crippen LogP contribution >= 0.6 is 0 Å². The highest BCUT2D eigenvalue weighted by molar-refractivity contribution is 5.79. The van der Waals surface area contributed by atoms with E-state index in [2.05, 4.69) is 4.74 Å². The average Bonchev–Trinajstić information content (AvgIpc) is 2.72. The van der Waals surface area contributed by atoms with Crippen molar-refractivity contribution in [2.75, 3.05) is 13.7 Å². The number of methoxy groups -OCH3 is 1. The minimum Gasteiger partial charge on any atom is -0.464 e. The maximum atomic E-state index is 11.6. The Balaban J connectivity index is 2.36. The van der Waals surface area contributed by atoms with Crippen LogP contribution in [0.5, 0.6) is 0 Å². The summed E-state index contributed by atoms with van der Waals surface area (Å²) in [5, 5.41) is 19.4. The molecule has 0 spiro atoms. The standard InChI is InChI=1S/C11H14O5/c1-15-10(13)11(14)9-7(4-5-16-11)2-3-8(9)6-12/h3-5,7,9,12,14H,2,6H2,1H3/t7-,9-,11?/m0/s1. The van der Waals surface area contributed by atoms with E-state index < -0.39 is 17.7 Å². The molecule has 88 valence electrons. The first-order chi connectivity index (χ1) is 7.63. The number of carbonyl (C=O) groups excluding carboxylic acids is 1. The van der Waals surface area contributed by atoms with Crippen molar-refractivity contribution in [3.8, 4) is 0 Å². The van der Waals surface area contributed by atoms with E-state index in [1.165, 1.54) is 13.4 Å². The Labute approximate surface area is 93.0 Å². The van der Waals surface area contributed by atoms with Gasteiger partial charge in [0.05, 0.1) is 25.9 Å². The molecule has 5 nitrogen and oxygen atoms in total. The van der Waals surface area contributed by atoms with E-state index in [0.717, 1.165) is 0 Å². The SMILES string of the molecule is COC(=O)C1(O)OC=C[C@@H]2CC=C(CO)[C@H]21. The summed E-state index contributed by atoms with van der Waals surface area (Å²) < 4.78 is 9.55. The third-order valence-electron chi connectivity index (χ3n) is 3.14. The highest BCUT2D eigenvalue weighted by Gasteiger charge is 2.54. The lowest BCUT2D eigenvalue weighted by atomic mass is 9.82. The molecule has 0 aromatic carbocycles. The molecule has 1 unspecified atom stereocenters. The summed E-state index contributed by atoms with van der Waals surface area (Å²) in [6, 6.07) is 0. The molecular weight excluding hydrogens is 212 g/mol. The number of fused-ring (bicyclic) bond motifs is 1. The van der Waals surface area contributed by atoms with E-state index in [4.69, 9.17) is 4.74 Å². The number of ether oxygens (including phenoxy) is 2. The second-order valence-electron chi connectivity index (χ2n) is 3.95. The van der Waals surface area contributed by atoms with Gasteiger partial charge in [-0.15, -0.1) is 0 Å². The van der Waals surface area contributed by atoms with Crippen LogP contribution in [-0.2, 0) is 14.3 Å². The normalized spacial score (nSPS) is 36.3. The fourth-order valence-corrected chi connectivity index (χ4v) is 2.36. The summed E-state index contributed by atoms with van der Waals surface area (Å²) in [5.41, 5.74) is 0.613. The lowest BCUT2D eigenvalue weighted by Crippen LogP contribution is -2.52. The van der Waals surface area contributed by atoms with E-state index >= 15 is 0 Å². The van der Waals surface area contributed by atoms with Gasteiger partial charge in [-0.2, -0.15) is 0 Å². The number of rotatable bonds is 2. The van der Waals surface area contributed by atoms with Gasteiger partial charge in [0.2, 0.25) is 0 Å². The number of aliphatic hydroxyl groups excluding tert-OH is 1. The fourth-order valence-electron chi connectivity index (χ4n) is 2.36. The van der Waals surface area contributed by atoms with Gasteiger partial charge in [0.1, 0.15) is 0 Å². The van der Waals surface area contributed by atoms with Crippen LogP contribution in [0, 0.1) is 11.8 Å². The molecule has 5 heteroatoms. The Morgan fingerprint density at radius 2 is 2.50 bits per heavy atom. The molecule has 1 aliphatic heterocycles. The number of allylic oxidation sites excluding steroid dienone is 2. The van der Waals surface area contributed by atoms with Crippen LogP contribution in [0.1, 0.15) is 6.42 Å². The van der Waals surface area contributed by atoms with Crippen molar-refractivity contribution >= 4 is 5.97 Å². The highest BCUT2D eigenvalue weighted by Crippen LogP contribution is 2.44. The van der Waals surface area contributed by atoms with Gasteiger partial charge < -0.3 is 19.7 Å². The van der Waals surface area contributed by atoms with Crippen LogP contribution in [0.2, 0.25) is 0 Å². The first kappa shape index (κ1) is 11.2. The van der Waals surface area contributed by atoms with Gasteiger partial charge in [0.25, 0.3) is 0 Å². The van der Waals surface area contributed by atoms with Crippen molar-refractivity contribution in [1.29, 1.82) is 0 Å². The predicted molar refractivity (Wildman–Crippen MR) is 54.0 cm³/mol. The molecule has 2 aliphatic rings. The van der Waals surface area contributed by atoms with Crippen LogP contribution in [0.4, 0.5) is 0 Å². The van der Waals surface area contributed by atoms with E-state index in [1.54, 1.807) is 6.08 Å². The minimum atomic E-state index is -2.01. The molecule has 0 saturated heterocycles. The monoisotopic (exact) mass is 226 g/mol. The maximum Gasteiger partial charge on any atom is 0.379 e. The Hall–Kier alpha value is -1.33. The zero-order valence-corrected chi connectivity index (χ0v) is 8.92. The lowest BCUT2D eigenvalue weighted by molar-refractivity contribution is -0.231. The molecule has 3 atom stereocenters. The summed E-state index contributed by atoms with van der Waals surface area (Å²) >= 11 is 0. The van der Waals surface area contributed by atoms with Crippen molar-refractivity contribution in [3.63, 3.8) is 0 Å². The van der Waals surface area contributed by atoms with Crippen LogP contribution in [0.3, 0.4) is 0 Å². The molecular formula is C11H14O5. The van der Waals surface area contributed by atoms with Crippen LogP contribution < -0.4 is 0 Å². The third-order valence-corrected chi connectivity index (χ3v) is 3.14. The molecule has 2 N–H and O–H groups in total. The molecule has 0 saturated carbocycles. The Morgan fingerprint density at radius 3 is 3.12 bits per heavy atom. The number of esters is 1. The Morgan fingerprint density at radius 1 is 1.75 bits per heavy atom. The van der Waals surface area contributed by atoms with Crippen molar-refractivity contribution in [2.24, 2.45) is 11.8 Å². The Kier molecular flexibility index (Phi) is 2.73. The summed E-state index contributed by atoms with van der Waals surface area (Å²) in [7, 11) is 1.19. The van der Waals surface area contributed by atoms with Crippen molar-refractivity contribution < 1.29 is 24.5 Å². The first-order valence-electron chi connectivity index (χ1n) is 5.08. The highest BCUT2D eigenvalue weighted by atomic mass is 16.7. The zero-order valence-electron chi connectivity index (χ0n) is 8.92. The van der Waals surface area contributed by atoms with E-state index in [9.17, 15) is 15.0 Å². The van der Waals surface area contributed by atoms with Gasteiger partial charge in [-0.1, -0.05) is 6.08 Å². The zero-order chi connectivity index (χ0) is 11.8. The van der Waals surface area contributed by atoms with Crippen LogP contribution in [-0.4, -0.2) is 35.7 Å². The number of hydrogen-bond donors (Lipinski definition) is 2. The minimum absolute atomic E-state index is 0.0278. The van der Waals surface area contributed by atoms with Gasteiger partial charge >= 0.3 is 11.8 Å². The summed E-state index contributed by atoms with van der Waals surface area (Å²) in [6.45, 7) is -0.197. The molecule has 0 fully saturated rings. The first-order valence-corrected chi connectivity index (χ1v) is 5.08. The molecule has 1 aliphatic carbocycles. The summed E-state index contributed by atoms with van der Waals surface area (Å²) in [6.07, 6.45) is 5.59. The molecule has 0 radical (unpaired) electrons. The molecule has 0 aromatic heterocycles. The number of hydrogen-bond acceptors (Lipinski definition) is 5. The molecule has 0 bridgehead atoms. The number of aliphatic hydroxyl groups is 2. The molecule has 0 aromatic rings. The van der Waals surface area contributed by atoms with Crippen molar-refractivity contribution in [2.45, 2.75) is 12.2 Å². The van der Waals surface area contributed by atoms with Crippen molar-refractivity contribution in [3.05, 3.63) is 24.0 Å². The van der Waals surface area contributed by atoms with Crippen LogP contribution in [0.25, 0.3) is 0 Å². The van der Waals surface area contributed by atoms with E-state index in [-0.39, 0.29) is 12.5 Å². The lowest BCUT2D eigenvalue weighted by Gasteiger charge is -2.37. The molecule has 1 heterocycles. The largest absolute Gasteiger partial charge is 0.464 e. The molecule has 2 rings (SSSR count). The van der Waals surface area contributed by atoms with E-state index in [1.807, 2.05) is 6.08 Å². The fraction of sp³-hybridized carbons (Fsp3) is 0.545. The second-order valence-corrected chi connectivity index (χ2v) is 3.95. The van der Waals surface area contributed by atoms with Crippen molar-refractivity contribution in [1.82, 2.24) is 0 Å². The van der Waals surface area contributed by atoms with E-state index in [0.29, 0.717) is 12.0 Å². The van der Waals surface area contributed by atoms with Gasteiger partial charge in [-0.05, 0) is 24.0 Å². The number of carbonyl (C=O) groups is 1. The molecule has 0 amide bonds. The van der Waals surface area contributed by atoms with Crippen LogP contribution in [0.15, 0.2) is 24.0 Å². The predicted octanol–water partition coefficient (Wildman–Crippen LogP) is -0.0533. The second kappa shape index (κ2) is 3.92. The van der Waals surface area contributed by atoms with Gasteiger partial charge in [0.15, 0.2) is 0 Å².